The van der Waals surface area contributed by atoms with Crippen LogP contribution in [0.3, 0.4) is 0 Å². The molecule has 0 heterocycles. The highest BCUT2D eigenvalue weighted by Gasteiger charge is 2.13. The topological polar surface area (TPSA) is 63.3 Å². The number of benzene rings is 1. The summed E-state index contributed by atoms with van der Waals surface area (Å²) >= 11 is 2.23. The van der Waals surface area contributed by atoms with Crippen LogP contribution >= 0.6 is 35.0 Å². The second kappa shape index (κ2) is 6.30. The van der Waals surface area contributed by atoms with Gasteiger partial charge in [-0.05, 0) is 53.1 Å². The molecular formula is C10H13ClINO2. The fourth-order valence-corrected chi connectivity index (χ4v) is 1.75. The maximum absolute atomic E-state index is 10.6. The van der Waals surface area contributed by atoms with E-state index in [-0.39, 0.29) is 12.4 Å². The van der Waals surface area contributed by atoms with Crippen LogP contribution in [0.2, 0.25) is 0 Å². The summed E-state index contributed by atoms with van der Waals surface area (Å²) in [6, 6.07) is 5.01. The Labute approximate surface area is 109 Å². The molecule has 1 aromatic carbocycles. The molecule has 0 fully saturated rings. The fourth-order valence-electron chi connectivity index (χ4n) is 1.20. The van der Waals surface area contributed by atoms with Gasteiger partial charge in [-0.15, -0.1) is 12.4 Å². The average Bonchev–Trinajstić information content (AvgIpc) is 2.12. The molecule has 1 rings (SSSR count). The Morgan fingerprint density at radius 1 is 1.60 bits per heavy atom. The van der Waals surface area contributed by atoms with Crippen LogP contribution in [0, 0.1) is 10.5 Å². The lowest BCUT2D eigenvalue weighted by Gasteiger charge is -2.10. The molecule has 0 amide bonds. The smallest absolute Gasteiger partial charge is 0.320 e. The van der Waals surface area contributed by atoms with E-state index < -0.39 is 12.0 Å². The molecule has 3 nitrogen and oxygen atoms in total. The summed E-state index contributed by atoms with van der Waals surface area (Å²) in [6.07, 6.45) is 0.387. The third kappa shape index (κ3) is 3.96. The van der Waals surface area contributed by atoms with Gasteiger partial charge in [-0.25, -0.2) is 0 Å². The lowest BCUT2D eigenvalue weighted by Crippen LogP contribution is -2.32. The fraction of sp³-hybridized carbons (Fsp3) is 0.300. The maximum atomic E-state index is 10.6. The van der Waals surface area contributed by atoms with Gasteiger partial charge in [0.2, 0.25) is 0 Å². The first kappa shape index (κ1) is 14.7. The second-order valence-electron chi connectivity index (χ2n) is 3.17. The molecule has 0 saturated heterocycles. The van der Waals surface area contributed by atoms with Gasteiger partial charge in [0, 0.05) is 3.57 Å². The van der Waals surface area contributed by atoms with Crippen molar-refractivity contribution in [2.45, 2.75) is 19.4 Å². The number of halogens is 2. The molecule has 15 heavy (non-hydrogen) atoms. The van der Waals surface area contributed by atoms with Crippen molar-refractivity contribution >= 4 is 41.0 Å². The van der Waals surface area contributed by atoms with E-state index in [0.717, 1.165) is 14.7 Å². The van der Waals surface area contributed by atoms with Crippen LogP contribution in [-0.2, 0) is 11.2 Å². The van der Waals surface area contributed by atoms with Gasteiger partial charge in [-0.1, -0.05) is 12.1 Å². The zero-order valence-electron chi connectivity index (χ0n) is 8.24. The van der Waals surface area contributed by atoms with Gasteiger partial charge in [-0.2, -0.15) is 0 Å². The average molecular weight is 342 g/mol. The van der Waals surface area contributed by atoms with E-state index in [1.54, 1.807) is 0 Å². The van der Waals surface area contributed by atoms with E-state index in [9.17, 15) is 4.79 Å². The first-order valence-corrected chi connectivity index (χ1v) is 5.32. The van der Waals surface area contributed by atoms with Crippen molar-refractivity contribution in [2.75, 3.05) is 0 Å². The molecule has 1 aromatic rings. The van der Waals surface area contributed by atoms with E-state index in [1.165, 1.54) is 0 Å². The molecule has 0 saturated carbocycles. The lowest BCUT2D eigenvalue weighted by atomic mass is 10.0. The maximum Gasteiger partial charge on any atom is 0.320 e. The molecule has 3 N–H and O–H groups in total. The first-order chi connectivity index (χ1) is 6.52. The molecule has 0 aliphatic carbocycles. The molecular weight excluding hydrogens is 328 g/mol. The van der Waals surface area contributed by atoms with Gasteiger partial charge in [-0.3, -0.25) is 4.79 Å². The molecule has 0 bridgehead atoms. The Morgan fingerprint density at radius 3 is 2.73 bits per heavy atom. The Morgan fingerprint density at radius 2 is 2.20 bits per heavy atom. The van der Waals surface area contributed by atoms with Gasteiger partial charge in [0.25, 0.3) is 0 Å². The standard InChI is InChI=1S/C10H12INO2.ClH/c1-6-7(3-2-4-8(6)11)5-9(12)10(13)14;/h2-4,9H,5,12H2,1H3,(H,13,14);1H/t9-;/m0./s1. The number of nitrogens with two attached hydrogens (primary N) is 1. The van der Waals surface area contributed by atoms with Gasteiger partial charge >= 0.3 is 5.97 Å². The monoisotopic (exact) mass is 341 g/mol. The SMILES string of the molecule is Cc1c(I)cccc1C[C@H](N)C(=O)O.Cl. The molecule has 5 heteroatoms. The summed E-state index contributed by atoms with van der Waals surface area (Å²) < 4.78 is 1.14. The molecule has 1 atom stereocenters. The number of carboxylic acids is 1. The summed E-state index contributed by atoms with van der Waals surface area (Å²) in [5, 5.41) is 8.68. The third-order valence-corrected chi connectivity index (χ3v) is 3.31. The molecule has 0 aliphatic rings. The molecule has 0 aliphatic heterocycles. The highest BCUT2D eigenvalue weighted by Crippen LogP contribution is 2.16. The van der Waals surface area contributed by atoms with Crippen LogP contribution < -0.4 is 5.73 Å². The second-order valence-corrected chi connectivity index (χ2v) is 4.34. The first-order valence-electron chi connectivity index (χ1n) is 4.24. The van der Waals surface area contributed by atoms with Crippen molar-refractivity contribution in [1.82, 2.24) is 0 Å². The molecule has 0 aromatic heterocycles. The molecule has 0 unspecified atom stereocenters. The third-order valence-electron chi connectivity index (χ3n) is 2.14. The van der Waals surface area contributed by atoms with Gasteiger partial charge in [0.05, 0.1) is 0 Å². The molecule has 0 spiro atoms. The van der Waals surface area contributed by atoms with Crippen molar-refractivity contribution in [2.24, 2.45) is 5.73 Å². The molecule has 0 radical (unpaired) electrons. The van der Waals surface area contributed by atoms with Crippen molar-refractivity contribution in [3.8, 4) is 0 Å². The van der Waals surface area contributed by atoms with Crippen molar-refractivity contribution in [1.29, 1.82) is 0 Å². The summed E-state index contributed by atoms with van der Waals surface area (Å²) in [7, 11) is 0. The van der Waals surface area contributed by atoms with Gasteiger partial charge < -0.3 is 10.8 Å². The summed E-state index contributed by atoms with van der Waals surface area (Å²) in [5.41, 5.74) is 7.59. The number of hydrogen-bond acceptors (Lipinski definition) is 2. The van der Waals surface area contributed by atoms with Crippen molar-refractivity contribution in [3.63, 3.8) is 0 Å². The quantitative estimate of drug-likeness (QED) is 0.826. The minimum atomic E-state index is -0.955. The minimum absolute atomic E-state index is 0. The van der Waals surface area contributed by atoms with Crippen LogP contribution in [0.15, 0.2) is 18.2 Å². The van der Waals surface area contributed by atoms with Crippen LogP contribution in [-0.4, -0.2) is 17.1 Å². The van der Waals surface area contributed by atoms with Crippen LogP contribution in [0.25, 0.3) is 0 Å². The number of hydrogen-bond donors (Lipinski definition) is 2. The minimum Gasteiger partial charge on any atom is -0.480 e. The number of aliphatic carboxylic acids is 1. The van der Waals surface area contributed by atoms with Crippen molar-refractivity contribution < 1.29 is 9.90 Å². The van der Waals surface area contributed by atoms with Crippen LogP contribution in [0.4, 0.5) is 0 Å². The van der Waals surface area contributed by atoms with E-state index >= 15 is 0 Å². The predicted octanol–water partition coefficient (Wildman–Crippen LogP) is 1.98. The Hall–Kier alpha value is -0.330. The highest BCUT2D eigenvalue weighted by atomic mass is 127. The van der Waals surface area contributed by atoms with E-state index in [4.69, 9.17) is 10.8 Å². The summed E-state index contributed by atoms with van der Waals surface area (Å²) in [6.45, 7) is 1.98. The Kier molecular flexibility index (Phi) is 6.16. The molecule has 84 valence electrons. The highest BCUT2D eigenvalue weighted by molar-refractivity contribution is 14.1. The Balaban J connectivity index is 0.00000196. The van der Waals surface area contributed by atoms with Crippen LogP contribution in [0.5, 0.6) is 0 Å². The van der Waals surface area contributed by atoms with E-state index in [0.29, 0.717) is 6.42 Å². The van der Waals surface area contributed by atoms with Gasteiger partial charge in [0.15, 0.2) is 0 Å². The Bertz CT molecular complexity index is 357. The number of carbonyl (C=O) groups is 1. The van der Waals surface area contributed by atoms with Crippen LogP contribution in [0.1, 0.15) is 11.1 Å². The van der Waals surface area contributed by atoms with Crippen molar-refractivity contribution in [3.05, 3.63) is 32.9 Å². The van der Waals surface area contributed by atoms with E-state index in [1.807, 2.05) is 25.1 Å². The zero-order chi connectivity index (χ0) is 10.7. The normalized spacial score (nSPS) is 11.7. The number of carboxylic acid groups (broad SMARTS) is 1. The summed E-state index contributed by atoms with van der Waals surface area (Å²) in [5.74, 6) is -0.955. The summed E-state index contributed by atoms with van der Waals surface area (Å²) in [4.78, 5) is 10.6. The van der Waals surface area contributed by atoms with Gasteiger partial charge in [0.1, 0.15) is 6.04 Å². The lowest BCUT2D eigenvalue weighted by molar-refractivity contribution is -0.138. The zero-order valence-corrected chi connectivity index (χ0v) is 11.2. The number of rotatable bonds is 3. The largest absolute Gasteiger partial charge is 0.480 e. The predicted molar refractivity (Wildman–Crippen MR) is 70.5 cm³/mol. The van der Waals surface area contributed by atoms with E-state index in [2.05, 4.69) is 22.6 Å².